The minimum absolute atomic E-state index is 0. The molecule has 9 fully saturated rings. The van der Waals surface area contributed by atoms with E-state index < -0.39 is 85.6 Å². The van der Waals surface area contributed by atoms with Crippen molar-refractivity contribution in [3.8, 4) is 28.7 Å². The smallest absolute Gasteiger partial charge is 0.196 e. The van der Waals surface area contributed by atoms with Gasteiger partial charge in [0.05, 0.1) is 82.5 Å². The molecule has 10 aliphatic carbocycles. The van der Waals surface area contributed by atoms with E-state index in [1.54, 1.807) is 6.08 Å². The maximum Gasteiger partial charge on any atom is 0.196 e. The fraction of sp³-hybridized carbons (Fsp3) is 0.593. The zero-order valence-electron chi connectivity index (χ0n) is 66.6. The minimum Gasteiger partial charge on any atom is -0.481 e. The second kappa shape index (κ2) is 27.6. The lowest BCUT2D eigenvalue weighted by molar-refractivity contribution is -0.185. The van der Waals surface area contributed by atoms with E-state index in [0.29, 0.717) is 92.1 Å². The third-order valence-electron chi connectivity index (χ3n) is 33.6. The molecular weight excluding hydrogens is 1550 g/mol. The zero-order chi connectivity index (χ0) is 79.9. The van der Waals surface area contributed by atoms with Crippen LogP contribution < -0.4 is 23.7 Å². The molecule has 0 radical (unpaired) electrons. The second-order valence-corrected chi connectivity index (χ2v) is 37.5. The molecule has 5 aromatic carbocycles. The van der Waals surface area contributed by atoms with Crippen LogP contribution in [0.1, 0.15) is 174 Å². The van der Waals surface area contributed by atoms with Crippen LogP contribution in [0.4, 0.5) is 0 Å². The summed E-state index contributed by atoms with van der Waals surface area (Å²) in [7, 11) is 10.3. The molecule has 0 aromatic heterocycles. The van der Waals surface area contributed by atoms with Crippen molar-refractivity contribution in [2.75, 3.05) is 68.0 Å². The molecule has 10 unspecified atom stereocenters. The minimum atomic E-state index is -1.11. The number of hydrogen-bond donors (Lipinski definition) is 10. The molecule has 20 aliphatic rings. The molecule has 25 nitrogen and oxygen atoms in total. The van der Waals surface area contributed by atoms with Gasteiger partial charge in [0.15, 0.2) is 59.4 Å². The lowest BCUT2D eigenvalue weighted by atomic mass is 9.49. The average Bonchev–Trinajstić information content (AvgIpc) is 1.48. The van der Waals surface area contributed by atoms with Crippen molar-refractivity contribution in [1.29, 1.82) is 0 Å². The summed E-state index contributed by atoms with van der Waals surface area (Å²) in [4.78, 5) is 74.2. The molecule has 10 heterocycles. The molecule has 20 atom stereocenters. The Bertz CT molecular complexity index is 4640. The molecule has 118 heavy (non-hydrogen) atoms. The Hall–Kier alpha value is -6.83. The van der Waals surface area contributed by atoms with Crippen molar-refractivity contribution >= 4 is 53.7 Å². The first-order chi connectivity index (χ1) is 55.1. The van der Waals surface area contributed by atoms with Crippen LogP contribution in [0.15, 0.2) is 72.8 Å². The molecule has 0 amide bonds. The third kappa shape index (κ3) is 9.68. The molecule has 10 aliphatic heterocycles. The van der Waals surface area contributed by atoms with Crippen molar-refractivity contribution < 1.29 is 98.7 Å². The highest BCUT2D eigenvalue weighted by atomic mass is 35.5. The molecule has 5 spiro atoms. The Kier molecular flexibility index (Phi) is 19.2. The number of benzene rings is 5. The standard InChI is InChI=1S/4C18H21NO4.C18H19NO4.CH4.2ClH/c5*1-19-7-6-17-14-10-2-3-11(9-20)15(14)23-16(17)12(21)4-5-18(17,22)13(19)8-10;;;/h4*2-3,13,16,20,22H,4-9H2,1H3;2-5,13,16,20,22H,6-9H2,1H3;1H4;2*1H/t5*13?,16-,17?,18+;;;/m00000.../s1. The highest BCUT2D eigenvalue weighted by molar-refractivity contribution is 5.99. The fourth-order valence-corrected chi connectivity index (χ4v) is 28.2. The maximum atomic E-state index is 12.6. The van der Waals surface area contributed by atoms with Crippen LogP contribution in [0.3, 0.4) is 0 Å². The van der Waals surface area contributed by atoms with Crippen molar-refractivity contribution in [3.63, 3.8) is 0 Å². The number of nitrogens with zero attached hydrogens (tertiary/aromatic N) is 5. The van der Waals surface area contributed by atoms with Gasteiger partial charge in [-0.15, -0.1) is 24.8 Å². The van der Waals surface area contributed by atoms with Crippen molar-refractivity contribution in [3.05, 3.63) is 156 Å². The van der Waals surface area contributed by atoms with E-state index in [2.05, 4.69) is 52.7 Å². The molecule has 10 bridgehead atoms. The molecule has 27 heteroatoms. The largest absolute Gasteiger partial charge is 0.481 e. The van der Waals surface area contributed by atoms with Gasteiger partial charge in [0, 0.05) is 112 Å². The topological polar surface area (TPSA) is 350 Å². The van der Waals surface area contributed by atoms with Crippen molar-refractivity contribution in [2.24, 2.45) is 0 Å². The Morgan fingerprint density at radius 1 is 0.322 bits per heavy atom. The van der Waals surface area contributed by atoms with Crippen LogP contribution in [-0.4, -0.2) is 261 Å². The van der Waals surface area contributed by atoms with Gasteiger partial charge in [-0.25, -0.2) is 0 Å². The number of hydrogen-bond acceptors (Lipinski definition) is 25. The van der Waals surface area contributed by atoms with Gasteiger partial charge in [0.2, 0.25) is 0 Å². The summed E-state index contributed by atoms with van der Waals surface area (Å²) in [5.74, 6) is 3.52. The molecule has 10 N–H and O–H groups in total. The van der Waals surface area contributed by atoms with Gasteiger partial charge < -0.3 is 94.3 Å². The highest BCUT2D eigenvalue weighted by Crippen LogP contribution is 2.70. The molecule has 25 rings (SSSR count). The van der Waals surface area contributed by atoms with Gasteiger partial charge in [-0.05, 0) is 198 Å². The first-order valence-electron chi connectivity index (χ1n) is 41.7. The van der Waals surface area contributed by atoms with E-state index >= 15 is 0 Å². The van der Waals surface area contributed by atoms with Gasteiger partial charge in [0.25, 0.3) is 0 Å². The Morgan fingerprint density at radius 2 is 0.542 bits per heavy atom. The van der Waals surface area contributed by atoms with Crippen molar-refractivity contribution in [2.45, 2.75) is 272 Å². The van der Waals surface area contributed by atoms with E-state index in [9.17, 15) is 75.0 Å². The number of aliphatic hydroxyl groups is 10. The normalized spacial score (nSPS) is 39.6. The first kappa shape index (κ1) is 82.1. The summed E-state index contributed by atoms with van der Waals surface area (Å²) in [5.41, 5.74) is 6.30. The van der Waals surface area contributed by atoms with Gasteiger partial charge >= 0.3 is 0 Å². The number of rotatable bonds is 5. The van der Waals surface area contributed by atoms with Gasteiger partial charge in [0.1, 0.15) is 34.3 Å². The summed E-state index contributed by atoms with van der Waals surface area (Å²) in [6.45, 7) is 3.64. The Balaban J connectivity index is 0.000000101. The predicted molar refractivity (Wildman–Crippen MR) is 433 cm³/mol. The molecule has 632 valence electrons. The van der Waals surface area contributed by atoms with Crippen LogP contribution in [0.25, 0.3) is 0 Å². The summed E-state index contributed by atoms with van der Waals surface area (Å²) in [6, 6.07) is 19.7. The summed E-state index contributed by atoms with van der Waals surface area (Å²) < 4.78 is 30.6. The van der Waals surface area contributed by atoms with Gasteiger partial charge in [-0.2, -0.15) is 0 Å². The first-order valence-corrected chi connectivity index (χ1v) is 41.7. The zero-order valence-corrected chi connectivity index (χ0v) is 68.2. The molecular formula is C91H109Cl2N5O20. The fourth-order valence-electron chi connectivity index (χ4n) is 28.2. The van der Waals surface area contributed by atoms with Crippen LogP contribution in [0.5, 0.6) is 28.7 Å². The quantitative estimate of drug-likeness (QED) is 0.119. The van der Waals surface area contributed by atoms with Crippen LogP contribution in [0.2, 0.25) is 0 Å². The Labute approximate surface area is 698 Å². The van der Waals surface area contributed by atoms with Crippen LogP contribution >= 0.6 is 24.8 Å². The number of ketones is 5. The van der Waals surface area contributed by atoms with E-state index in [1.165, 1.54) is 6.08 Å². The third-order valence-corrected chi connectivity index (χ3v) is 33.6. The highest BCUT2D eigenvalue weighted by Gasteiger charge is 2.78. The Morgan fingerprint density at radius 3 is 0.797 bits per heavy atom. The molecule has 4 saturated carbocycles. The monoisotopic (exact) mass is 1660 g/mol. The average molecular weight is 1660 g/mol. The number of aliphatic hydroxyl groups excluding tert-OH is 5. The number of ether oxygens (including phenoxy) is 5. The van der Waals surface area contributed by atoms with Crippen LogP contribution in [0, 0.1) is 0 Å². The van der Waals surface area contributed by atoms with E-state index in [1.807, 2.05) is 67.7 Å². The second-order valence-electron chi connectivity index (χ2n) is 37.5. The van der Waals surface area contributed by atoms with Gasteiger partial charge in [-0.3, -0.25) is 28.9 Å². The predicted octanol–water partition coefficient (Wildman–Crippen LogP) is 3.92. The van der Waals surface area contributed by atoms with Crippen LogP contribution in [-0.2, 0) is 116 Å². The van der Waals surface area contributed by atoms with E-state index in [0.717, 1.165) is 168 Å². The van der Waals surface area contributed by atoms with E-state index in [4.69, 9.17) is 23.7 Å². The van der Waals surface area contributed by atoms with Gasteiger partial charge in [-0.1, -0.05) is 68.1 Å². The number of halogens is 2. The van der Waals surface area contributed by atoms with E-state index in [-0.39, 0.29) is 124 Å². The number of carbonyl (C=O) groups is 5. The lowest BCUT2D eigenvalue weighted by Crippen LogP contribution is -2.76. The summed E-state index contributed by atoms with van der Waals surface area (Å²) in [6.07, 6.45) is 10.9. The van der Waals surface area contributed by atoms with Crippen molar-refractivity contribution in [1.82, 2.24) is 24.5 Å². The number of likely N-dealkylation sites (tertiary alicyclic amines) is 5. The number of piperidine rings is 5. The summed E-state index contributed by atoms with van der Waals surface area (Å²) >= 11 is 0. The number of Topliss-reactive ketones (excluding diaryl/α,β-unsaturated/α-hetero) is 4. The number of likely N-dealkylation sites (N-methyl/N-ethyl adjacent to an activating group) is 5. The SMILES string of the molecule is C.CN1CCC23c4c5ccc(CO)c4O[C@H]2C(=O)C=C[C@@]3(O)C1C5.CN1CCC23c4c5ccc(CO)c4O[C@H]2C(=O)CC[C@@]3(O)C1C5.CN1CCC23c4c5ccc(CO)c4O[C@H]2C(=O)CC[C@@]3(O)C1C5.CN1CCC23c4c5ccc(CO)c4O[C@H]2C(=O)CC[C@@]3(O)C1C5.CN1CCC23c4c5ccc(CO)c4O[C@H]2C(=O)CC[C@@]3(O)C1C5.Cl.Cl. The lowest BCUT2D eigenvalue weighted by Gasteiger charge is -2.62. The summed E-state index contributed by atoms with van der Waals surface area (Å²) in [5, 5.41) is 107. The molecule has 5 aromatic rings. The maximum absolute atomic E-state index is 12.6. The molecule has 5 saturated heterocycles. The number of carbonyl (C=O) groups excluding carboxylic acids is 5.